The quantitative estimate of drug-likeness (QED) is 0.286. The van der Waals surface area contributed by atoms with Gasteiger partial charge in [0.05, 0.1) is 0 Å². The van der Waals surface area contributed by atoms with Gasteiger partial charge < -0.3 is 15.5 Å². The Bertz CT molecular complexity index is 297. The standard InChI is InChI=1S/C17H34N4.HI/c1-18-17(20-16-10-4-5-11-16)19-12-6-2-7-13-21-14-8-3-9-15-21;/h16H,2-15H2,1H3,(H2,18,19,20);1H. The van der Waals surface area contributed by atoms with E-state index in [1.54, 1.807) is 0 Å². The molecule has 5 heteroatoms. The number of likely N-dealkylation sites (tertiary alicyclic amines) is 1. The second-order valence-electron chi connectivity index (χ2n) is 6.59. The molecule has 4 nitrogen and oxygen atoms in total. The largest absolute Gasteiger partial charge is 0.356 e. The topological polar surface area (TPSA) is 39.7 Å². The van der Waals surface area contributed by atoms with E-state index in [0.717, 1.165) is 12.5 Å². The summed E-state index contributed by atoms with van der Waals surface area (Å²) in [5.41, 5.74) is 0. The Labute approximate surface area is 153 Å². The molecule has 22 heavy (non-hydrogen) atoms. The first-order valence-corrected chi connectivity index (χ1v) is 9.08. The summed E-state index contributed by atoms with van der Waals surface area (Å²) in [5.74, 6) is 0.998. The Hall–Kier alpha value is -0.0400. The number of hydrogen-bond donors (Lipinski definition) is 2. The SMILES string of the molecule is CN=C(NCCCCCN1CCCCC1)NC1CCCC1.I. The van der Waals surface area contributed by atoms with Crippen LogP contribution in [0.15, 0.2) is 4.99 Å². The van der Waals surface area contributed by atoms with Gasteiger partial charge >= 0.3 is 0 Å². The molecule has 2 aliphatic rings. The van der Waals surface area contributed by atoms with Crippen molar-refractivity contribution in [3.8, 4) is 0 Å². The van der Waals surface area contributed by atoms with E-state index < -0.39 is 0 Å². The number of guanidine groups is 1. The van der Waals surface area contributed by atoms with Gasteiger partial charge in [0, 0.05) is 19.6 Å². The molecule has 0 aromatic carbocycles. The van der Waals surface area contributed by atoms with E-state index in [1.165, 1.54) is 83.8 Å². The highest BCUT2D eigenvalue weighted by Gasteiger charge is 2.15. The molecule has 0 aromatic heterocycles. The molecule has 0 radical (unpaired) electrons. The first kappa shape index (κ1) is 20.0. The number of nitrogens with one attached hydrogen (secondary N) is 2. The molecule has 0 amide bonds. The lowest BCUT2D eigenvalue weighted by Crippen LogP contribution is -2.42. The highest BCUT2D eigenvalue weighted by molar-refractivity contribution is 14.0. The van der Waals surface area contributed by atoms with E-state index in [-0.39, 0.29) is 24.0 Å². The summed E-state index contributed by atoms with van der Waals surface area (Å²) in [5, 5.41) is 7.00. The van der Waals surface area contributed by atoms with Crippen LogP contribution in [0.25, 0.3) is 0 Å². The fourth-order valence-corrected chi connectivity index (χ4v) is 3.49. The van der Waals surface area contributed by atoms with Crippen LogP contribution in [0, 0.1) is 0 Å². The van der Waals surface area contributed by atoms with Crippen molar-refractivity contribution in [2.24, 2.45) is 4.99 Å². The fraction of sp³-hybridized carbons (Fsp3) is 0.941. The molecule has 2 fully saturated rings. The molecular weight excluding hydrogens is 387 g/mol. The molecule has 1 aliphatic carbocycles. The highest BCUT2D eigenvalue weighted by atomic mass is 127. The van der Waals surface area contributed by atoms with Gasteiger partial charge in [0.25, 0.3) is 0 Å². The first-order valence-electron chi connectivity index (χ1n) is 9.08. The Morgan fingerprint density at radius 1 is 1.00 bits per heavy atom. The van der Waals surface area contributed by atoms with Gasteiger partial charge in [0.2, 0.25) is 0 Å². The van der Waals surface area contributed by atoms with Gasteiger partial charge in [-0.2, -0.15) is 0 Å². The van der Waals surface area contributed by atoms with Crippen molar-refractivity contribution >= 4 is 29.9 Å². The highest BCUT2D eigenvalue weighted by Crippen LogP contribution is 2.17. The van der Waals surface area contributed by atoms with Crippen molar-refractivity contribution in [3.63, 3.8) is 0 Å². The van der Waals surface area contributed by atoms with Crippen LogP contribution < -0.4 is 10.6 Å². The Kier molecular flexibility index (Phi) is 11.3. The summed E-state index contributed by atoms with van der Waals surface area (Å²) in [6, 6.07) is 0.648. The number of halogens is 1. The monoisotopic (exact) mass is 422 g/mol. The predicted octanol–water partition coefficient (Wildman–Crippen LogP) is 3.37. The molecule has 0 atom stereocenters. The first-order chi connectivity index (χ1) is 10.4. The van der Waals surface area contributed by atoms with Gasteiger partial charge in [0.15, 0.2) is 5.96 Å². The van der Waals surface area contributed by atoms with Crippen LogP contribution >= 0.6 is 24.0 Å². The van der Waals surface area contributed by atoms with Crippen LogP contribution in [-0.2, 0) is 0 Å². The second-order valence-corrected chi connectivity index (χ2v) is 6.59. The zero-order valence-electron chi connectivity index (χ0n) is 14.3. The van der Waals surface area contributed by atoms with Gasteiger partial charge in [0.1, 0.15) is 0 Å². The van der Waals surface area contributed by atoms with Crippen molar-refractivity contribution in [1.82, 2.24) is 15.5 Å². The second kappa shape index (κ2) is 12.4. The lowest BCUT2D eigenvalue weighted by atomic mass is 10.1. The number of piperidine rings is 1. The van der Waals surface area contributed by atoms with Crippen LogP contribution in [0.2, 0.25) is 0 Å². The number of rotatable bonds is 7. The van der Waals surface area contributed by atoms with Crippen LogP contribution in [0.3, 0.4) is 0 Å². The average molecular weight is 422 g/mol. The number of nitrogens with zero attached hydrogens (tertiary/aromatic N) is 2. The van der Waals surface area contributed by atoms with Crippen molar-refractivity contribution in [2.75, 3.05) is 33.2 Å². The Morgan fingerprint density at radius 2 is 1.73 bits per heavy atom. The Balaban J connectivity index is 0.00000242. The minimum Gasteiger partial charge on any atom is -0.356 e. The van der Waals surface area contributed by atoms with Gasteiger partial charge in [-0.3, -0.25) is 4.99 Å². The van der Waals surface area contributed by atoms with Crippen molar-refractivity contribution < 1.29 is 0 Å². The molecule has 1 saturated heterocycles. The van der Waals surface area contributed by atoms with Gasteiger partial charge in [-0.25, -0.2) is 0 Å². The lowest BCUT2D eigenvalue weighted by molar-refractivity contribution is 0.224. The lowest BCUT2D eigenvalue weighted by Gasteiger charge is -2.26. The van der Waals surface area contributed by atoms with Gasteiger partial charge in [-0.1, -0.05) is 25.7 Å². The van der Waals surface area contributed by atoms with E-state index in [0.29, 0.717) is 6.04 Å². The third-order valence-electron chi connectivity index (χ3n) is 4.81. The number of unbranched alkanes of at least 4 members (excludes halogenated alkanes) is 2. The van der Waals surface area contributed by atoms with Crippen LogP contribution in [-0.4, -0.2) is 50.1 Å². The van der Waals surface area contributed by atoms with Crippen molar-refractivity contribution in [3.05, 3.63) is 0 Å². The summed E-state index contributed by atoms with van der Waals surface area (Å²) in [6.45, 7) is 5.01. The zero-order chi connectivity index (χ0) is 14.8. The predicted molar refractivity (Wildman–Crippen MR) is 106 cm³/mol. The molecule has 0 bridgehead atoms. The Morgan fingerprint density at radius 3 is 2.41 bits per heavy atom. The summed E-state index contributed by atoms with van der Waals surface area (Å²) in [6.07, 6.45) is 13.5. The normalized spacial score (nSPS) is 20.7. The fourth-order valence-electron chi connectivity index (χ4n) is 3.49. The third-order valence-corrected chi connectivity index (χ3v) is 4.81. The maximum atomic E-state index is 4.33. The van der Waals surface area contributed by atoms with Crippen LogP contribution in [0.5, 0.6) is 0 Å². The zero-order valence-corrected chi connectivity index (χ0v) is 16.6. The van der Waals surface area contributed by atoms with Gasteiger partial charge in [-0.15, -0.1) is 24.0 Å². The average Bonchev–Trinajstić information content (AvgIpc) is 3.03. The van der Waals surface area contributed by atoms with E-state index in [1.807, 2.05) is 7.05 Å². The molecule has 0 unspecified atom stereocenters. The van der Waals surface area contributed by atoms with E-state index in [9.17, 15) is 0 Å². The van der Waals surface area contributed by atoms with E-state index in [2.05, 4.69) is 20.5 Å². The van der Waals surface area contributed by atoms with Gasteiger partial charge in [-0.05, 0) is 58.2 Å². The number of aliphatic imine (C=N–C) groups is 1. The molecule has 0 spiro atoms. The van der Waals surface area contributed by atoms with Crippen LogP contribution in [0.4, 0.5) is 0 Å². The molecular formula is C17H35IN4. The maximum Gasteiger partial charge on any atom is 0.191 e. The molecule has 1 saturated carbocycles. The molecule has 130 valence electrons. The van der Waals surface area contributed by atoms with E-state index >= 15 is 0 Å². The molecule has 2 N–H and O–H groups in total. The minimum atomic E-state index is 0. The third kappa shape index (κ3) is 7.99. The van der Waals surface area contributed by atoms with Crippen LogP contribution in [0.1, 0.15) is 64.2 Å². The smallest absolute Gasteiger partial charge is 0.191 e. The summed E-state index contributed by atoms with van der Waals surface area (Å²) < 4.78 is 0. The maximum absolute atomic E-state index is 4.33. The number of hydrogen-bond acceptors (Lipinski definition) is 2. The summed E-state index contributed by atoms with van der Waals surface area (Å²) in [7, 11) is 1.88. The molecule has 1 heterocycles. The summed E-state index contributed by atoms with van der Waals surface area (Å²) in [4.78, 5) is 6.97. The molecule has 2 rings (SSSR count). The summed E-state index contributed by atoms with van der Waals surface area (Å²) >= 11 is 0. The minimum absolute atomic E-state index is 0. The molecule has 1 aliphatic heterocycles. The van der Waals surface area contributed by atoms with E-state index in [4.69, 9.17) is 0 Å². The molecule has 0 aromatic rings. The van der Waals surface area contributed by atoms with Crippen molar-refractivity contribution in [2.45, 2.75) is 70.3 Å². The van der Waals surface area contributed by atoms with Crippen molar-refractivity contribution in [1.29, 1.82) is 0 Å².